The maximum Gasteiger partial charge on any atom is 0.257 e. The Bertz CT molecular complexity index is 1670. The Morgan fingerprint density at radius 1 is 1.11 bits per heavy atom. The van der Waals surface area contributed by atoms with Crippen LogP contribution in [0.25, 0.3) is 45.1 Å². The predicted molar refractivity (Wildman–Crippen MR) is 147 cm³/mol. The van der Waals surface area contributed by atoms with E-state index in [1.807, 2.05) is 72.9 Å². The van der Waals surface area contributed by atoms with E-state index in [0.717, 1.165) is 70.4 Å². The van der Waals surface area contributed by atoms with Gasteiger partial charge in [0.15, 0.2) is 5.82 Å². The van der Waals surface area contributed by atoms with Crippen LogP contribution in [0.15, 0.2) is 66.2 Å². The van der Waals surface area contributed by atoms with Gasteiger partial charge in [-0.25, -0.2) is 14.5 Å². The van der Waals surface area contributed by atoms with Gasteiger partial charge in [-0.2, -0.15) is 5.10 Å². The Morgan fingerprint density at radius 2 is 1.97 bits per heavy atom. The molecule has 1 fully saturated rings. The minimum atomic E-state index is 0.0497. The number of nitrogens with zero attached hydrogens (tertiary/aromatic N) is 6. The molecule has 4 aromatic heterocycles. The first kappa shape index (κ1) is 22.8. The molecule has 1 aliphatic rings. The molecule has 1 aromatic carbocycles. The molecule has 37 heavy (non-hydrogen) atoms. The van der Waals surface area contributed by atoms with E-state index in [1.165, 1.54) is 6.42 Å². The number of hydrogen-bond acceptors (Lipinski definition) is 5. The number of aromatic nitrogens is 5. The minimum absolute atomic E-state index is 0.0497. The molecule has 0 unspecified atom stereocenters. The quantitative estimate of drug-likeness (QED) is 0.310. The van der Waals surface area contributed by atoms with Crippen LogP contribution >= 0.6 is 0 Å². The van der Waals surface area contributed by atoms with E-state index < -0.39 is 0 Å². The van der Waals surface area contributed by atoms with Crippen molar-refractivity contribution in [2.45, 2.75) is 26.2 Å². The monoisotopic (exact) mass is 489 g/mol. The van der Waals surface area contributed by atoms with Crippen molar-refractivity contribution in [1.29, 1.82) is 0 Å². The summed E-state index contributed by atoms with van der Waals surface area (Å²) in [6, 6.07) is 9.91. The van der Waals surface area contributed by atoms with Crippen LogP contribution in [-0.2, 0) is 0 Å². The van der Waals surface area contributed by atoms with Crippen molar-refractivity contribution in [2.75, 3.05) is 13.1 Å². The second-order valence-corrected chi connectivity index (χ2v) is 9.25. The summed E-state index contributed by atoms with van der Waals surface area (Å²) in [5.74, 6) is 0.677. The SMILES string of the molecule is C=Nc1ccc(-c2ncc3c(-c4ccn5ncc(C(=O)N6CCCCC6)c5c4)c[nH]c3n2)cc1/C=C\C. The third-order valence-electron chi connectivity index (χ3n) is 6.94. The highest BCUT2D eigenvalue weighted by Crippen LogP contribution is 2.31. The lowest BCUT2D eigenvalue weighted by Crippen LogP contribution is -2.35. The lowest BCUT2D eigenvalue weighted by atomic mass is 10.1. The molecule has 8 heteroatoms. The van der Waals surface area contributed by atoms with Crippen molar-refractivity contribution in [1.82, 2.24) is 29.5 Å². The fourth-order valence-corrected chi connectivity index (χ4v) is 5.02. The topological polar surface area (TPSA) is 91.5 Å². The summed E-state index contributed by atoms with van der Waals surface area (Å²) in [4.78, 5) is 32.0. The van der Waals surface area contributed by atoms with Gasteiger partial charge in [0.25, 0.3) is 5.91 Å². The van der Waals surface area contributed by atoms with Crippen LogP contribution in [0.1, 0.15) is 42.1 Å². The average Bonchev–Trinajstić information content (AvgIpc) is 3.57. The molecule has 0 radical (unpaired) electrons. The van der Waals surface area contributed by atoms with Gasteiger partial charge < -0.3 is 9.88 Å². The van der Waals surface area contributed by atoms with Gasteiger partial charge in [0, 0.05) is 53.8 Å². The minimum Gasteiger partial charge on any atom is -0.345 e. The van der Waals surface area contributed by atoms with E-state index >= 15 is 0 Å². The highest BCUT2D eigenvalue weighted by atomic mass is 16.2. The second kappa shape index (κ2) is 9.46. The summed E-state index contributed by atoms with van der Waals surface area (Å²) in [5, 5.41) is 5.33. The number of H-pyrrole nitrogens is 1. The normalized spacial score (nSPS) is 14.1. The number of pyridine rings is 1. The van der Waals surface area contributed by atoms with Crippen molar-refractivity contribution in [3.63, 3.8) is 0 Å². The summed E-state index contributed by atoms with van der Waals surface area (Å²) in [5.41, 5.74) is 6.82. The maximum atomic E-state index is 13.2. The Kier molecular flexibility index (Phi) is 5.84. The molecular formula is C29H27N7O. The van der Waals surface area contributed by atoms with Crippen LogP contribution in [0.3, 0.4) is 0 Å². The zero-order chi connectivity index (χ0) is 25.4. The summed E-state index contributed by atoms with van der Waals surface area (Å²) >= 11 is 0. The number of piperidine rings is 1. The summed E-state index contributed by atoms with van der Waals surface area (Å²) < 4.78 is 1.76. The van der Waals surface area contributed by atoms with Crippen molar-refractivity contribution >= 4 is 40.9 Å². The smallest absolute Gasteiger partial charge is 0.257 e. The van der Waals surface area contributed by atoms with Crippen LogP contribution in [0, 0.1) is 0 Å². The molecule has 5 heterocycles. The number of aliphatic imine (C=N–C) groups is 1. The molecule has 1 aliphatic heterocycles. The Morgan fingerprint density at radius 3 is 2.78 bits per heavy atom. The van der Waals surface area contributed by atoms with Crippen LogP contribution in [0.2, 0.25) is 0 Å². The first-order valence-corrected chi connectivity index (χ1v) is 12.5. The molecule has 1 N–H and O–H groups in total. The van der Waals surface area contributed by atoms with Gasteiger partial charge in [-0.1, -0.05) is 12.2 Å². The highest BCUT2D eigenvalue weighted by Gasteiger charge is 2.22. The number of carbonyl (C=O) groups excluding carboxylic acids is 1. The Labute approximate surface area is 214 Å². The number of benzene rings is 1. The molecule has 184 valence electrons. The number of rotatable bonds is 5. The van der Waals surface area contributed by atoms with Gasteiger partial charge in [0.1, 0.15) is 5.65 Å². The molecular weight excluding hydrogens is 462 g/mol. The summed E-state index contributed by atoms with van der Waals surface area (Å²) in [6.45, 7) is 7.24. The first-order chi connectivity index (χ1) is 18.2. The second-order valence-electron chi connectivity index (χ2n) is 9.25. The van der Waals surface area contributed by atoms with Crippen molar-refractivity contribution in [2.24, 2.45) is 4.99 Å². The lowest BCUT2D eigenvalue weighted by molar-refractivity contribution is 0.0726. The largest absolute Gasteiger partial charge is 0.345 e. The standard InChI is InChI=1S/C29H27N7O/c1-3-7-20-14-21(8-9-25(20)30-2)27-31-17-23-22(16-32-28(23)34-27)19-10-13-36-26(15-19)24(18-33-36)29(37)35-11-5-4-6-12-35/h3,7-10,13-18H,2,4-6,11-12H2,1H3,(H,31,32,34)/b7-3-. The van der Waals surface area contributed by atoms with Gasteiger partial charge in [-0.05, 0) is 68.8 Å². The molecule has 0 saturated carbocycles. The summed E-state index contributed by atoms with van der Waals surface area (Å²) in [7, 11) is 0. The third kappa shape index (κ3) is 4.10. The lowest BCUT2D eigenvalue weighted by Gasteiger charge is -2.26. The van der Waals surface area contributed by atoms with Gasteiger partial charge in [0.05, 0.1) is 23.0 Å². The predicted octanol–water partition coefficient (Wildman–Crippen LogP) is 5.93. The number of hydrogen-bond donors (Lipinski definition) is 1. The molecule has 0 aliphatic carbocycles. The Balaban J connectivity index is 1.36. The van der Waals surface area contributed by atoms with Crippen LogP contribution in [0.5, 0.6) is 0 Å². The number of fused-ring (bicyclic) bond motifs is 2. The van der Waals surface area contributed by atoms with E-state index in [0.29, 0.717) is 11.4 Å². The molecule has 6 rings (SSSR count). The zero-order valence-electron chi connectivity index (χ0n) is 20.7. The van der Waals surface area contributed by atoms with Gasteiger partial charge >= 0.3 is 0 Å². The fraction of sp³-hybridized carbons (Fsp3) is 0.207. The molecule has 0 spiro atoms. The zero-order valence-corrected chi connectivity index (χ0v) is 20.7. The van der Waals surface area contributed by atoms with Gasteiger partial charge in [-0.3, -0.25) is 9.79 Å². The van der Waals surface area contributed by atoms with Crippen molar-refractivity contribution < 1.29 is 4.79 Å². The molecule has 5 aromatic rings. The van der Waals surface area contributed by atoms with Crippen LogP contribution in [0.4, 0.5) is 5.69 Å². The number of likely N-dealkylation sites (tertiary alicyclic amines) is 1. The third-order valence-corrected chi connectivity index (χ3v) is 6.94. The summed E-state index contributed by atoms with van der Waals surface area (Å²) in [6.07, 6.45) is 14.6. The Hall–Kier alpha value is -4.59. The average molecular weight is 490 g/mol. The van der Waals surface area contributed by atoms with E-state index in [2.05, 4.69) is 26.8 Å². The van der Waals surface area contributed by atoms with Crippen molar-refractivity contribution in [3.8, 4) is 22.5 Å². The number of carbonyl (C=O) groups is 1. The van der Waals surface area contributed by atoms with Crippen molar-refractivity contribution in [3.05, 3.63) is 72.3 Å². The van der Waals surface area contributed by atoms with E-state index in [9.17, 15) is 4.79 Å². The molecule has 1 saturated heterocycles. The molecule has 8 nitrogen and oxygen atoms in total. The van der Waals surface area contributed by atoms with E-state index in [1.54, 1.807) is 10.7 Å². The number of aromatic amines is 1. The molecule has 0 bridgehead atoms. The number of amides is 1. The number of allylic oxidation sites excluding steroid dienone is 1. The molecule has 0 atom stereocenters. The first-order valence-electron chi connectivity index (χ1n) is 12.5. The van der Waals surface area contributed by atoms with Crippen LogP contribution in [-0.4, -0.2) is 55.2 Å². The van der Waals surface area contributed by atoms with E-state index in [-0.39, 0.29) is 5.91 Å². The van der Waals surface area contributed by atoms with Gasteiger partial charge in [0.2, 0.25) is 0 Å². The fourth-order valence-electron chi connectivity index (χ4n) is 5.02. The number of nitrogens with one attached hydrogen (secondary N) is 1. The highest BCUT2D eigenvalue weighted by molar-refractivity contribution is 6.02. The van der Waals surface area contributed by atoms with E-state index in [4.69, 9.17) is 4.98 Å². The van der Waals surface area contributed by atoms with Gasteiger partial charge in [-0.15, -0.1) is 0 Å². The maximum absolute atomic E-state index is 13.2. The van der Waals surface area contributed by atoms with Crippen LogP contribution < -0.4 is 0 Å². The molecule has 1 amide bonds.